The lowest BCUT2D eigenvalue weighted by atomic mass is 9.69. The minimum Gasteiger partial charge on any atom is -0.478 e. The van der Waals surface area contributed by atoms with Crippen LogP contribution in [0.15, 0.2) is 24.3 Å². The minimum absolute atomic E-state index is 0.0413. The molecule has 0 amide bonds. The van der Waals surface area contributed by atoms with Crippen LogP contribution in [0.25, 0.3) is 11.6 Å². The van der Waals surface area contributed by atoms with Crippen LogP contribution in [-0.2, 0) is 6.42 Å². The maximum atomic E-state index is 16.1. The lowest BCUT2D eigenvalue weighted by Gasteiger charge is -2.37. The average molecular weight is 561 g/mol. The molecule has 6 rings (SSSR count). The van der Waals surface area contributed by atoms with Crippen LogP contribution in [0.2, 0.25) is 0 Å². The molecule has 2 unspecified atom stereocenters. The molecule has 2 atom stereocenters. The quantitative estimate of drug-likeness (QED) is 0.254. The standard InChI is InChI=1S/C35H35F3O3/c1-16-12-34(4,5)14-19-8-25-23(10-21(16)19)27(28-29(33(39)40)32(38)31(37)18(3)30(28)36)24-11-22-17(2)13-35(6,7)15-20(22)9-26(24)41-25/h8-11,14,16-17H,12-13,15H2,1-7H3,(H,39,40). The topological polar surface area (TPSA) is 46.5 Å². The molecule has 41 heavy (non-hydrogen) atoms. The number of carbonyl (C=O) groups is 1. The van der Waals surface area contributed by atoms with Gasteiger partial charge in [0, 0.05) is 27.5 Å². The van der Waals surface area contributed by atoms with E-state index in [1.54, 1.807) is 0 Å². The highest BCUT2D eigenvalue weighted by atomic mass is 19.2. The molecule has 214 valence electrons. The fourth-order valence-electron chi connectivity index (χ4n) is 7.63. The zero-order valence-corrected chi connectivity index (χ0v) is 24.6. The number of hydrogen-bond donors (Lipinski definition) is 1. The fraction of sp³-hybridized carbons (Fsp3) is 0.400. The zero-order chi connectivity index (χ0) is 29.8. The molecule has 0 spiro atoms. The van der Waals surface area contributed by atoms with Crippen molar-refractivity contribution in [1.82, 2.24) is 0 Å². The van der Waals surface area contributed by atoms with Crippen molar-refractivity contribution < 1.29 is 27.8 Å². The van der Waals surface area contributed by atoms with Gasteiger partial charge in [0.2, 0.25) is 0 Å². The average Bonchev–Trinajstić information content (AvgIpc) is 2.85. The number of hydrogen-bond acceptors (Lipinski definition) is 2. The number of fused-ring (bicyclic) bond motifs is 4. The van der Waals surface area contributed by atoms with Crippen molar-refractivity contribution in [2.45, 2.75) is 79.6 Å². The predicted octanol–water partition coefficient (Wildman–Crippen LogP) is 7.85. The summed E-state index contributed by atoms with van der Waals surface area (Å²) in [5.74, 6) is -4.62. The predicted molar refractivity (Wildman–Crippen MR) is 154 cm³/mol. The monoisotopic (exact) mass is 560 g/mol. The van der Waals surface area contributed by atoms with Gasteiger partial charge in [-0.25, -0.2) is 18.0 Å². The summed E-state index contributed by atoms with van der Waals surface area (Å²) in [7, 11) is 0. The van der Waals surface area contributed by atoms with Crippen molar-refractivity contribution in [3.63, 3.8) is 0 Å². The molecule has 3 aromatic carbocycles. The number of benzene rings is 3. The molecule has 1 heterocycles. The maximum Gasteiger partial charge on any atom is 0.339 e. The van der Waals surface area contributed by atoms with Gasteiger partial charge in [-0.3, -0.25) is 0 Å². The zero-order valence-electron chi connectivity index (χ0n) is 24.6. The number of aromatic carboxylic acids is 1. The van der Waals surface area contributed by atoms with E-state index < -0.39 is 40.1 Å². The summed E-state index contributed by atoms with van der Waals surface area (Å²) < 4.78 is 52.7. The molecule has 0 saturated heterocycles. The summed E-state index contributed by atoms with van der Waals surface area (Å²) in [6.07, 6.45) is 4.87. The van der Waals surface area contributed by atoms with E-state index in [-0.39, 0.29) is 28.2 Å². The molecular formula is C35H35F3O3. The Morgan fingerprint density at radius 2 is 1.59 bits per heavy atom. The largest absolute Gasteiger partial charge is 0.478 e. The van der Waals surface area contributed by atoms with Gasteiger partial charge in [-0.15, -0.1) is 0 Å². The molecule has 0 bridgehead atoms. The smallest absolute Gasteiger partial charge is 0.339 e. The molecule has 0 radical (unpaired) electrons. The molecule has 3 aliphatic rings. The molecule has 0 fully saturated rings. The van der Waals surface area contributed by atoms with Gasteiger partial charge in [0.1, 0.15) is 22.9 Å². The maximum absolute atomic E-state index is 16.1. The Labute approximate surface area is 238 Å². The summed E-state index contributed by atoms with van der Waals surface area (Å²) in [4.78, 5) is 12.4. The van der Waals surface area contributed by atoms with Crippen LogP contribution in [0.1, 0.15) is 110 Å². The molecule has 1 N–H and O–H groups in total. The van der Waals surface area contributed by atoms with Crippen LogP contribution < -0.4 is 15.2 Å². The molecule has 6 heteroatoms. The summed E-state index contributed by atoms with van der Waals surface area (Å²) in [5, 5.41) is 11.6. The minimum atomic E-state index is -1.73. The van der Waals surface area contributed by atoms with Crippen LogP contribution in [0.3, 0.4) is 0 Å². The third kappa shape index (κ3) is 4.29. The number of carboxylic acid groups (broad SMARTS) is 1. The first-order valence-electron chi connectivity index (χ1n) is 14.3. The Morgan fingerprint density at radius 3 is 2.27 bits per heavy atom. The van der Waals surface area contributed by atoms with Gasteiger partial charge >= 0.3 is 5.97 Å². The van der Waals surface area contributed by atoms with Crippen LogP contribution in [-0.4, -0.2) is 11.1 Å². The van der Waals surface area contributed by atoms with E-state index in [9.17, 15) is 14.3 Å². The van der Waals surface area contributed by atoms with Crippen LogP contribution in [0.5, 0.6) is 11.5 Å². The Kier molecular flexibility index (Phi) is 6.05. The Bertz CT molecular complexity index is 1800. The van der Waals surface area contributed by atoms with Crippen molar-refractivity contribution in [2.75, 3.05) is 0 Å². The molecule has 0 saturated carbocycles. The van der Waals surface area contributed by atoms with Gasteiger partial charge in [0.15, 0.2) is 11.6 Å². The van der Waals surface area contributed by atoms with Gasteiger partial charge in [-0.05, 0) is 95.0 Å². The summed E-state index contributed by atoms with van der Waals surface area (Å²) >= 11 is 0. The Morgan fingerprint density at radius 1 is 0.902 bits per heavy atom. The van der Waals surface area contributed by atoms with E-state index in [1.165, 1.54) is 0 Å². The third-order valence-corrected chi connectivity index (χ3v) is 9.16. The molecule has 3 nitrogen and oxygen atoms in total. The van der Waals surface area contributed by atoms with Crippen LogP contribution in [0, 0.1) is 35.2 Å². The molecule has 3 aromatic rings. The number of carboxylic acids is 1. The lowest BCUT2D eigenvalue weighted by molar-refractivity contribution is 0.0689. The molecule has 2 aliphatic carbocycles. The van der Waals surface area contributed by atoms with Crippen molar-refractivity contribution >= 4 is 17.6 Å². The number of ether oxygens (including phenoxy) is 1. The highest BCUT2D eigenvalue weighted by Gasteiger charge is 2.36. The Hall–Kier alpha value is -3.54. The van der Waals surface area contributed by atoms with E-state index in [0.29, 0.717) is 22.3 Å². The van der Waals surface area contributed by atoms with Gasteiger partial charge < -0.3 is 9.84 Å². The van der Waals surface area contributed by atoms with Gasteiger partial charge in [0.25, 0.3) is 0 Å². The Balaban J connectivity index is 1.79. The van der Waals surface area contributed by atoms with E-state index in [4.69, 9.17) is 4.74 Å². The first-order valence-corrected chi connectivity index (χ1v) is 14.3. The van der Waals surface area contributed by atoms with Crippen molar-refractivity contribution in [3.8, 4) is 11.5 Å². The van der Waals surface area contributed by atoms with E-state index in [0.717, 1.165) is 48.1 Å². The van der Waals surface area contributed by atoms with E-state index in [2.05, 4.69) is 47.6 Å². The van der Waals surface area contributed by atoms with E-state index in [1.807, 2.05) is 24.3 Å². The van der Waals surface area contributed by atoms with Gasteiger partial charge in [-0.1, -0.05) is 47.6 Å². The van der Waals surface area contributed by atoms with Crippen LogP contribution >= 0.6 is 0 Å². The highest BCUT2D eigenvalue weighted by molar-refractivity contribution is 5.99. The van der Waals surface area contributed by atoms with Crippen molar-refractivity contribution in [2.24, 2.45) is 10.8 Å². The molecular weight excluding hydrogens is 525 g/mol. The van der Waals surface area contributed by atoms with Gasteiger partial charge in [-0.2, -0.15) is 0 Å². The molecule has 0 aromatic heterocycles. The SMILES string of the molecule is Cc1c(F)c(F)c(C(=O)O)c(C2=c3cc4c(cc3Oc3cc5c(cc32)C(C)CC(C)(C)C5)=CC(C)(C)CC4C)c1F. The first-order chi connectivity index (χ1) is 19.1. The van der Waals surface area contributed by atoms with Crippen molar-refractivity contribution in [1.29, 1.82) is 0 Å². The summed E-state index contributed by atoms with van der Waals surface area (Å²) in [6.45, 7) is 14.2. The van der Waals surface area contributed by atoms with Crippen LogP contribution in [0.4, 0.5) is 13.2 Å². The normalized spacial score (nSPS) is 21.6. The summed E-state index contributed by atoms with van der Waals surface area (Å²) in [6, 6.07) is 7.75. The second-order valence-electron chi connectivity index (χ2n) is 13.8. The highest BCUT2D eigenvalue weighted by Crippen LogP contribution is 2.48. The first kappa shape index (κ1) is 27.6. The van der Waals surface area contributed by atoms with Gasteiger partial charge in [0.05, 0.1) is 0 Å². The summed E-state index contributed by atoms with van der Waals surface area (Å²) in [5.41, 5.74) is 1.95. The third-order valence-electron chi connectivity index (χ3n) is 9.16. The fourth-order valence-corrected chi connectivity index (χ4v) is 7.63. The second kappa shape index (κ2) is 8.98. The number of halogens is 3. The second-order valence-corrected chi connectivity index (χ2v) is 13.8. The molecule has 1 aliphatic heterocycles. The lowest BCUT2D eigenvalue weighted by Crippen LogP contribution is -2.31. The van der Waals surface area contributed by atoms with Crippen molar-refractivity contribution in [3.05, 3.63) is 91.1 Å². The van der Waals surface area contributed by atoms with E-state index >= 15 is 8.78 Å². The number of rotatable bonds is 2.